The lowest BCUT2D eigenvalue weighted by atomic mass is 10.0. The second-order valence-electron chi connectivity index (χ2n) is 5.87. The standard InChI is InChI=1S/C11H13F3N2O.C6H6F2N2O.C2H6/c1-3-8-9(11(12,13)14)7(5-6-16-8)10(17)15-4-2;7-6(8)1-5(2-9)10(3-6)4-11;1-2/h5-6H,3-4H2,1-2H3,(H,15,17);4-5H,1,3H2;1-2H3/t;5-;/m.0./s1. The van der Waals surface area contributed by atoms with Crippen LogP contribution in [-0.4, -0.2) is 47.3 Å². The fourth-order valence-electron chi connectivity index (χ4n) is 2.61. The van der Waals surface area contributed by atoms with Gasteiger partial charge in [-0.15, -0.1) is 0 Å². The van der Waals surface area contributed by atoms with Crippen LogP contribution in [0.4, 0.5) is 22.0 Å². The zero-order chi connectivity index (χ0) is 23.5. The molecule has 1 aliphatic heterocycles. The van der Waals surface area contributed by atoms with E-state index >= 15 is 0 Å². The second kappa shape index (κ2) is 12.0. The van der Waals surface area contributed by atoms with E-state index in [9.17, 15) is 31.5 Å². The summed E-state index contributed by atoms with van der Waals surface area (Å²) in [7, 11) is 0. The van der Waals surface area contributed by atoms with Gasteiger partial charge in [0.15, 0.2) is 0 Å². The number of amides is 2. The number of carbonyl (C=O) groups excluding carboxylic acids is 2. The number of aryl methyl sites for hydroxylation is 1. The van der Waals surface area contributed by atoms with Crippen molar-refractivity contribution in [3.8, 4) is 6.07 Å². The topological polar surface area (TPSA) is 86.1 Å². The highest BCUT2D eigenvalue weighted by Crippen LogP contribution is 2.34. The number of carbonyl (C=O) groups is 2. The molecular formula is C19H25F5N4O2. The van der Waals surface area contributed by atoms with Crippen molar-refractivity contribution >= 4 is 12.3 Å². The van der Waals surface area contributed by atoms with Gasteiger partial charge in [-0.25, -0.2) is 8.78 Å². The Labute approximate surface area is 172 Å². The molecule has 11 heteroatoms. The monoisotopic (exact) mass is 436 g/mol. The molecule has 0 aromatic carbocycles. The molecule has 0 spiro atoms. The zero-order valence-corrected chi connectivity index (χ0v) is 17.2. The minimum Gasteiger partial charge on any atom is -0.352 e. The minimum absolute atomic E-state index is 0.110. The third-order valence-corrected chi connectivity index (χ3v) is 3.82. The summed E-state index contributed by atoms with van der Waals surface area (Å²) >= 11 is 0. The van der Waals surface area contributed by atoms with Crippen molar-refractivity contribution in [3.63, 3.8) is 0 Å². The Morgan fingerprint density at radius 1 is 1.40 bits per heavy atom. The van der Waals surface area contributed by atoms with Gasteiger partial charge >= 0.3 is 6.18 Å². The summed E-state index contributed by atoms with van der Waals surface area (Å²) in [5.41, 5.74) is -1.42. The molecule has 1 aliphatic rings. The van der Waals surface area contributed by atoms with Gasteiger partial charge in [0.1, 0.15) is 6.04 Å². The minimum atomic E-state index is -4.57. The average molecular weight is 436 g/mol. The predicted molar refractivity (Wildman–Crippen MR) is 99.7 cm³/mol. The van der Waals surface area contributed by atoms with Crippen molar-refractivity contribution in [2.75, 3.05) is 13.1 Å². The van der Waals surface area contributed by atoms with Crippen molar-refractivity contribution in [3.05, 3.63) is 29.1 Å². The van der Waals surface area contributed by atoms with Gasteiger partial charge in [0.2, 0.25) is 6.41 Å². The van der Waals surface area contributed by atoms with Gasteiger partial charge in [0.05, 0.1) is 29.4 Å². The summed E-state index contributed by atoms with van der Waals surface area (Å²) in [6.07, 6.45) is -3.47. The average Bonchev–Trinajstić information content (AvgIpc) is 3.02. The molecule has 1 saturated heterocycles. The molecule has 0 unspecified atom stereocenters. The molecule has 6 nitrogen and oxygen atoms in total. The maximum absolute atomic E-state index is 12.9. The van der Waals surface area contributed by atoms with E-state index in [-0.39, 0.29) is 30.6 Å². The van der Waals surface area contributed by atoms with Gasteiger partial charge in [-0.3, -0.25) is 14.6 Å². The van der Waals surface area contributed by atoms with Crippen LogP contribution in [0.15, 0.2) is 12.3 Å². The summed E-state index contributed by atoms with van der Waals surface area (Å²) < 4.78 is 63.6. The van der Waals surface area contributed by atoms with Crippen LogP contribution in [0, 0.1) is 11.3 Å². The van der Waals surface area contributed by atoms with E-state index in [1.165, 1.54) is 6.20 Å². The first kappa shape index (κ1) is 27.2. The van der Waals surface area contributed by atoms with Crippen molar-refractivity contribution in [1.29, 1.82) is 5.26 Å². The predicted octanol–water partition coefficient (Wildman–Crippen LogP) is 3.81. The molecule has 0 aliphatic carbocycles. The lowest BCUT2D eigenvalue weighted by Crippen LogP contribution is -2.27. The SMILES string of the molecule is CC.CCNC(=O)c1ccnc(CC)c1C(F)(F)F.N#C[C@@H]1CC(F)(F)CN1C=O. The van der Waals surface area contributed by atoms with Gasteiger partial charge in [-0.2, -0.15) is 18.4 Å². The molecule has 2 amide bonds. The van der Waals surface area contributed by atoms with Crippen LogP contribution in [0.1, 0.15) is 55.7 Å². The van der Waals surface area contributed by atoms with Crippen LogP contribution in [0.25, 0.3) is 0 Å². The molecule has 0 saturated carbocycles. The molecule has 1 aromatic rings. The lowest BCUT2D eigenvalue weighted by molar-refractivity contribution is -0.138. The summed E-state index contributed by atoms with van der Waals surface area (Å²) in [6, 6.07) is 1.77. The molecule has 0 radical (unpaired) electrons. The van der Waals surface area contributed by atoms with Gasteiger partial charge in [0, 0.05) is 19.2 Å². The smallest absolute Gasteiger partial charge is 0.352 e. The fraction of sp³-hybridized carbons (Fsp3) is 0.579. The summed E-state index contributed by atoms with van der Waals surface area (Å²) in [6.45, 7) is 6.86. The van der Waals surface area contributed by atoms with Crippen LogP contribution in [0.5, 0.6) is 0 Å². The van der Waals surface area contributed by atoms with Gasteiger partial charge in [0.25, 0.3) is 11.8 Å². The Hall–Kier alpha value is -2.77. The number of alkyl halides is 5. The Morgan fingerprint density at radius 2 is 2.00 bits per heavy atom. The molecule has 1 N–H and O–H groups in total. The van der Waals surface area contributed by atoms with E-state index < -0.39 is 42.6 Å². The molecule has 0 bridgehead atoms. The molecule has 168 valence electrons. The summed E-state index contributed by atoms with van der Waals surface area (Å²) in [4.78, 5) is 26.1. The number of pyridine rings is 1. The zero-order valence-electron chi connectivity index (χ0n) is 17.2. The van der Waals surface area contributed by atoms with E-state index in [1.807, 2.05) is 13.8 Å². The highest BCUT2D eigenvalue weighted by atomic mass is 19.4. The number of nitrogens with zero attached hydrogens (tertiary/aromatic N) is 3. The van der Waals surface area contributed by atoms with Gasteiger partial charge in [-0.05, 0) is 19.4 Å². The summed E-state index contributed by atoms with van der Waals surface area (Å²) in [5, 5.41) is 10.7. The van der Waals surface area contributed by atoms with Crippen LogP contribution in [-0.2, 0) is 17.4 Å². The van der Waals surface area contributed by atoms with E-state index in [2.05, 4.69) is 10.3 Å². The highest BCUT2D eigenvalue weighted by Gasteiger charge is 2.44. The molecule has 1 aromatic heterocycles. The molecule has 30 heavy (non-hydrogen) atoms. The lowest BCUT2D eigenvalue weighted by Gasteiger charge is -2.15. The molecule has 1 atom stereocenters. The second-order valence-corrected chi connectivity index (χ2v) is 5.87. The number of halogens is 5. The Morgan fingerprint density at radius 3 is 2.40 bits per heavy atom. The first-order valence-corrected chi connectivity index (χ1v) is 9.32. The number of nitriles is 1. The fourth-order valence-corrected chi connectivity index (χ4v) is 2.61. The Balaban J connectivity index is 0.000000557. The Bertz CT molecular complexity index is 747. The van der Waals surface area contributed by atoms with Gasteiger partial charge < -0.3 is 10.2 Å². The number of likely N-dealkylation sites (tertiary alicyclic amines) is 1. The van der Waals surface area contributed by atoms with Crippen molar-refractivity contribution in [2.24, 2.45) is 0 Å². The van der Waals surface area contributed by atoms with Crippen LogP contribution in [0.2, 0.25) is 0 Å². The number of hydrogen-bond acceptors (Lipinski definition) is 4. The molecular weight excluding hydrogens is 411 g/mol. The van der Waals surface area contributed by atoms with Crippen molar-refractivity contribution in [1.82, 2.24) is 15.2 Å². The largest absolute Gasteiger partial charge is 0.418 e. The van der Waals surface area contributed by atoms with Crippen molar-refractivity contribution in [2.45, 2.75) is 58.7 Å². The maximum atomic E-state index is 12.9. The number of nitrogens with one attached hydrogen (secondary N) is 1. The number of aromatic nitrogens is 1. The first-order chi connectivity index (χ1) is 14.0. The summed E-state index contributed by atoms with van der Waals surface area (Å²) in [5.74, 6) is -3.61. The molecule has 2 heterocycles. The van der Waals surface area contributed by atoms with E-state index in [0.29, 0.717) is 0 Å². The first-order valence-electron chi connectivity index (χ1n) is 9.32. The third kappa shape index (κ3) is 7.57. The van der Waals surface area contributed by atoms with Crippen LogP contribution < -0.4 is 5.32 Å². The number of rotatable bonds is 4. The molecule has 1 fully saturated rings. The van der Waals surface area contributed by atoms with E-state index in [0.717, 1.165) is 11.0 Å². The maximum Gasteiger partial charge on any atom is 0.418 e. The number of hydrogen-bond donors (Lipinski definition) is 1. The van der Waals surface area contributed by atoms with E-state index in [4.69, 9.17) is 5.26 Å². The highest BCUT2D eigenvalue weighted by molar-refractivity contribution is 5.96. The molecule has 2 rings (SSSR count). The van der Waals surface area contributed by atoms with Crippen LogP contribution in [0.3, 0.4) is 0 Å². The normalized spacial score (nSPS) is 16.9. The third-order valence-electron chi connectivity index (χ3n) is 3.82. The van der Waals surface area contributed by atoms with Crippen LogP contribution >= 0.6 is 0 Å². The van der Waals surface area contributed by atoms with Crippen molar-refractivity contribution < 1.29 is 31.5 Å². The Kier molecular flexibility index (Phi) is 10.9. The quantitative estimate of drug-likeness (QED) is 0.575. The van der Waals surface area contributed by atoms with Gasteiger partial charge in [-0.1, -0.05) is 20.8 Å². The van der Waals surface area contributed by atoms with E-state index in [1.54, 1.807) is 19.9 Å².